The van der Waals surface area contributed by atoms with Crippen LogP contribution in [0.2, 0.25) is 5.02 Å². The van der Waals surface area contributed by atoms with E-state index in [2.05, 4.69) is 20.6 Å². The summed E-state index contributed by atoms with van der Waals surface area (Å²) >= 11 is 6.06. The molecule has 2 N–H and O–H groups in total. The Morgan fingerprint density at radius 1 is 1.17 bits per heavy atom. The average Bonchev–Trinajstić information content (AvgIpc) is 3.38. The van der Waals surface area contributed by atoms with Crippen LogP contribution in [0.4, 0.5) is 10.5 Å². The van der Waals surface area contributed by atoms with Crippen LogP contribution in [0.3, 0.4) is 0 Å². The molecule has 2 aromatic heterocycles. The molecule has 0 spiro atoms. The van der Waals surface area contributed by atoms with Gasteiger partial charge in [-0.2, -0.15) is 0 Å². The van der Waals surface area contributed by atoms with Gasteiger partial charge in [-0.1, -0.05) is 11.6 Å². The van der Waals surface area contributed by atoms with Gasteiger partial charge in [0, 0.05) is 35.4 Å². The van der Waals surface area contributed by atoms with Crippen LogP contribution in [0.5, 0.6) is 11.6 Å². The van der Waals surface area contributed by atoms with E-state index in [1.54, 1.807) is 22.9 Å². The van der Waals surface area contributed by atoms with E-state index < -0.39 is 0 Å². The number of aromatic nitrogens is 3. The second kappa shape index (κ2) is 7.44. The maximum atomic E-state index is 12.8. The number of fused-ring (bicyclic) bond motifs is 2. The molecule has 0 aliphatic carbocycles. The zero-order chi connectivity index (χ0) is 20.7. The molecule has 150 valence electrons. The molecule has 0 saturated heterocycles. The van der Waals surface area contributed by atoms with E-state index in [-0.39, 0.29) is 6.03 Å². The van der Waals surface area contributed by atoms with Crippen LogP contribution in [0.1, 0.15) is 16.8 Å². The van der Waals surface area contributed by atoms with E-state index >= 15 is 0 Å². The first kappa shape index (κ1) is 18.6. The Morgan fingerprint density at radius 3 is 2.93 bits per heavy atom. The fourth-order valence-corrected chi connectivity index (χ4v) is 3.65. The summed E-state index contributed by atoms with van der Waals surface area (Å²) in [6, 6.07) is 12.6. The molecular weight excluding hydrogens is 402 g/mol. The number of nitrogens with zero attached hydrogens (tertiary/aromatic N) is 3. The Hall–Kier alpha value is -3.42. The molecule has 0 unspecified atom stereocenters. The molecule has 0 bridgehead atoms. The highest BCUT2D eigenvalue weighted by Gasteiger charge is 2.18. The van der Waals surface area contributed by atoms with Crippen molar-refractivity contribution < 1.29 is 9.53 Å². The summed E-state index contributed by atoms with van der Waals surface area (Å²) in [6.07, 6.45) is 3.25. The lowest BCUT2D eigenvalue weighted by Gasteiger charge is -2.10. The molecular formula is C22H18ClN5O2. The Morgan fingerprint density at radius 2 is 2.07 bits per heavy atom. The second-order valence-corrected chi connectivity index (χ2v) is 7.52. The Kier molecular flexibility index (Phi) is 4.61. The number of carbonyl (C=O) groups excluding carboxylic acids is 1. The summed E-state index contributed by atoms with van der Waals surface area (Å²) in [5.41, 5.74) is 4.31. The lowest BCUT2D eigenvalue weighted by Crippen LogP contribution is -2.18. The summed E-state index contributed by atoms with van der Waals surface area (Å²) in [5.74, 6) is 1.21. The third kappa shape index (κ3) is 3.38. The summed E-state index contributed by atoms with van der Waals surface area (Å²) in [7, 11) is 0. The first-order chi connectivity index (χ1) is 14.6. The first-order valence-electron chi connectivity index (χ1n) is 9.48. The van der Waals surface area contributed by atoms with Crippen molar-refractivity contribution in [3.8, 4) is 11.6 Å². The van der Waals surface area contributed by atoms with Crippen molar-refractivity contribution in [2.24, 2.45) is 0 Å². The van der Waals surface area contributed by atoms with Gasteiger partial charge in [0.15, 0.2) is 0 Å². The van der Waals surface area contributed by atoms with Gasteiger partial charge in [0.05, 0.1) is 16.8 Å². The fraction of sp³-hybridized carbons (Fsp3) is 0.136. The van der Waals surface area contributed by atoms with Crippen molar-refractivity contribution >= 4 is 34.2 Å². The molecule has 8 heteroatoms. The summed E-state index contributed by atoms with van der Waals surface area (Å²) < 4.78 is 7.57. The Labute approximate surface area is 177 Å². The van der Waals surface area contributed by atoms with Gasteiger partial charge >= 0.3 is 6.03 Å². The third-order valence-electron chi connectivity index (χ3n) is 5.09. The Balaban J connectivity index is 1.39. The van der Waals surface area contributed by atoms with Crippen LogP contribution in [0, 0.1) is 6.92 Å². The standard InChI is InChI=1S/C22H18ClN5O2/c1-13-8-15(2-4-18(13)23)27-22(29)28-7-6-14-9-16(3-5-20(14)28)30-21-17-10-24-11-19(17)25-12-26-21/h2-9,12,24H,10-11H2,1H3,(H,27,29). The fourth-order valence-electron chi connectivity index (χ4n) is 3.53. The van der Waals surface area contributed by atoms with Crippen molar-refractivity contribution in [2.45, 2.75) is 20.0 Å². The molecule has 3 heterocycles. The van der Waals surface area contributed by atoms with Crippen molar-refractivity contribution in [1.29, 1.82) is 0 Å². The largest absolute Gasteiger partial charge is 0.439 e. The van der Waals surface area contributed by atoms with Crippen molar-refractivity contribution in [1.82, 2.24) is 19.9 Å². The number of hydrogen-bond donors (Lipinski definition) is 2. The van der Waals surface area contributed by atoms with Crippen LogP contribution in [0.15, 0.2) is 55.0 Å². The zero-order valence-corrected chi connectivity index (χ0v) is 16.9. The predicted octanol–water partition coefficient (Wildman–Crippen LogP) is 4.87. The molecule has 30 heavy (non-hydrogen) atoms. The van der Waals surface area contributed by atoms with Crippen molar-refractivity contribution in [3.05, 3.63) is 76.8 Å². The monoisotopic (exact) mass is 419 g/mol. The predicted molar refractivity (Wildman–Crippen MR) is 115 cm³/mol. The molecule has 0 fully saturated rings. The van der Waals surface area contributed by atoms with Gasteiger partial charge in [-0.15, -0.1) is 0 Å². The molecule has 5 rings (SSSR count). The van der Waals surface area contributed by atoms with Crippen LogP contribution in [-0.2, 0) is 13.1 Å². The van der Waals surface area contributed by atoms with E-state index in [4.69, 9.17) is 16.3 Å². The number of benzene rings is 2. The molecule has 4 aromatic rings. The number of carbonyl (C=O) groups is 1. The maximum absolute atomic E-state index is 12.8. The highest BCUT2D eigenvalue weighted by molar-refractivity contribution is 6.31. The van der Waals surface area contributed by atoms with Crippen LogP contribution in [-0.4, -0.2) is 20.6 Å². The number of anilines is 1. The lowest BCUT2D eigenvalue weighted by atomic mass is 10.2. The number of halogens is 1. The quantitative estimate of drug-likeness (QED) is 0.495. The number of rotatable bonds is 3. The molecule has 1 aliphatic heterocycles. The zero-order valence-electron chi connectivity index (χ0n) is 16.1. The van der Waals surface area contributed by atoms with Crippen LogP contribution < -0.4 is 15.4 Å². The van der Waals surface area contributed by atoms with Crippen LogP contribution >= 0.6 is 11.6 Å². The summed E-state index contributed by atoms with van der Waals surface area (Å²) in [6.45, 7) is 3.31. The van der Waals surface area contributed by atoms with Gasteiger partial charge in [0.2, 0.25) is 5.88 Å². The van der Waals surface area contributed by atoms with Crippen molar-refractivity contribution in [2.75, 3.05) is 5.32 Å². The summed E-state index contributed by atoms with van der Waals surface area (Å²) in [4.78, 5) is 21.3. The van der Waals surface area contributed by atoms with E-state index in [1.165, 1.54) is 6.33 Å². The molecule has 1 amide bonds. The van der Waals surface area contributed by atoms with Gasteiger partial charge in [-0.05, 0) is 55.0 Å². The Bertz CT molecular complexity index is 1280. The molecule has 7 nitrogen and oxygen atoms in total. The lowest BCUT2D eigenvalue weighted by molar-refractivity contribution is 0.254. The first-order valence-corrected chi connectivity index (χ1v) is 9.86. The van der Waals surface area contributed by atoms with Crippen molar-refractivity contribution in [3.63, 3.8) is 0 Å². The minimum Gasteiger partial charge on any atom is -0.439 e. The molecule has 2 aromatic carbocycles. The normalized spacial score (nSPS) is 12.7. The molecule has 0 radical (unpaired) electrons. The smallest absolute Gasteiger partial charge is 0.330 e. The molecule has 1 aliphatic rings. The van der Waals surface area contributed by atoms with Gasteiger partial charge in [-0.3, -0.25) is 4.57 Å². The van der Waals surface area contributed by atoms with E-state index in [0.717, 1.165) is 34.3 Å². The highest BCUT2D eigenvalue weighted by Crippen LogP contribution is 2.29. The number of hydrogen-bond acceptors (Lipinski definition) is 5. The number of ether oxygens (including phenoxy) is 1. The highest BCUT2D eigenvalue weighted by atomic mass is 35.5. The third-order valence-corrected chi connectivity index (χ3v) is 5.52. The SMILES string of the molecule is Cc1cc(NC(=O)n2ccc3cc(Oc4ncnc5c4CNC5)ccc32)ccc1Cl. The molecule has 0 atom stereocenters. The maximum Gasteiger partial charge on any atom is 0.330 e. The minimum atomic E-state index is -0.250. The van der Waals surface area contributed by atoms with Gasteiger partial charge in [-0.25, -0.2) is 14.8 Å². The number of amides is 1. The second-order valence-electron chi connectivity index (χ2n) is 7.11. The van der Waals surface area contributed by atoms with Gasteiger partial charge in [0.1, 0.15) is 12.1 Å². The summed E-state index contributed by atoms with van der Waals surface area (Å²) in [5, 5.41) is 7.70. The van der Waals surface area contributed by atoms with Gasteiger partial charge in [0.25, 0.3) is 0 Å². The average molecular weight is 420 g/mol. The van der Waals surface area contributed by atoms with Crippen LogP contribution in [0.25, 0.3) is 10.9 Å². The van der Waals surface area contributed by atoms with E-state index in [1.807, 2.05) is 37.3 Å². The van der Waals surface area contributed by atoms with Gasteiger partial charge < -0.3 is 15.4 Å². The minimum absolute atomic E-state index is 0.250. The number of nitrogens with one attached hydrogen (secondary N) is 2. The molecule has 0 saturated carbocycles. The number of aryl methyl sites for hydroxylation is 1. The topological polar surface area (TPSA) is 81.1 Å². The van der Waals surface area contributed by atoms with E-state index in [9.17, 15) is 4.79 Å². The van der Waals surface area contributed by atoms with E-state index in [0.29, 0.717) is 28.9 Å².